The van der Waals surface area contributed by atoms with Crippen LogP contribution in [0.15, 0.2) is 30.9 Å². The molecule has 2 aromatic rings. The summed E-state index contributed by atoms with van der Waals surface area (Å²) in [7, 11) is 0. The Labute approximate surface area is 173 Å². The Morgan fingerprint density at radius 3 is 2.48 bits per heavy atom. The Bertz CT molecular complexity index is 908. The highest BCUT2D eigenvalue weighted by atomic mass is 35.5. The van der Waals surface area contributed by atoms with Gasteiger partial charge in [0.25, 0.3) is 5.91 Å². The molecule has 4 fully saturated rings. The molecule has 4 aliphatic rings. The number of amides is 1. The van der Waals surface area contributed by atoms with E-state index in [9.17, 15) is 9.59 Å². The van der Waals surface area contributed by atoms with Crippen LogP contribution < -0.4 is 5.32 Å². The van der Waals surface area contributed by atoms with Crippen LogP contribution in [0.2, 0.25) is 5.02 Å². The first-order chi connectivity index (χ1) is 14.0. The standard InChI is InChI=1S/C21H23ClN4O3/c22-16-1-2-18(26-12-23-11-24-26)17(6-16)25-19(27)10-29-20(28)21-7-13-3-14(8-21)5-15(4-13)9-21/h1-2,6,11-15H,3-5,7-10H2,(H,25,27). The fourth-order valence-corrected chi connectivity index (χ4v) is 6.14. The molecule has 1 aromatic heterocycles. The predicted molar refractivity (Wildman–Crippen MR) is 107 cm³/mol. The Morgan fingerprint density at radius 2 is 1.86 bits per heavy atom. The van der Waals surface area contributed by atoms with Crippen molar-refractivity contribution in [3.8, 4) is 5.69 Å². The largest absolute Gasteiger partial charge is 0.455 e. The van der Waals surface area contributed by atoms with Gasteiger partial charge in [-0.1, -0.05) is 11.6 Å². The highest BCUT2D eigenvalue weighted by molar-refractivity contribution is 6.31. The van der Waals surface area contributed by atoms with E-state index in [4.69, 9.17) is 16.3 Å². The zero-order chi connectivity index (χ0) is 20.0. The number of esters is 1. The Hall–Kier alpha value is -2.41. The lowest BCUT2D eigenvalue weighted by Crippen LogP contribution is -2.50. The molecule has 8 heteroatoms. The van der Waals surface area contributed by atoms with Crippen molar-refractivity contribution in [3.63, 3.8) is 0 Å². The monoisotopic (exact) mass is 414 g/mol. The Balaban J connectivity index is 1.24. The van der Waals surface area contributed by atoms with Gasteiger partial charge in [0.15, 0.2) is 6.61 Å². The average molecular weight is 415 g/mol. The summed E-state index contributed by atoms with van der Waals surface area (Å²) in [6.45, 7) is -0.302. The van der Waals surface area contributed by atoms with Gasteiger partial charge in [0.1, 0.15) is 12.7 Å². The van der Waals surface area contributed by atoms with E-state index in [2.05, 4.69) is 15.4 Å². The minimum Gasteiger partial charge on any atom is -0.455 e. The molecule has 1 amide bonds. The number of nitrogens with one attached hydrogen (secondary N) is 1. The minimum atomic E-state index is -0.397. The summed E-state index contributed by atoms with van der Waals surface area (Å²) in [5.41, 5.74) is 0.753. The van der Waals surface area contributed by atoms with Crippen molar-refractivity contribution < 1.29 is 14.3 Å². The molecular formula is C21H23ClN4O3. The molecule has 0 saturated heterocycles. The van der Waals surface area contributed by atoms with Crippen molar-refractivity contribution in [1.29, 1.82) is 0 Å². The zero-order valence-corrected chi connectivity index (χ0v) is 16.8. The van der Waals surface area contributed by atoms with Crippen LogP contribution in [0.1, 0.15) is 38.5 Å². The molecule has 4 aliphatic carbocycles. The minimum absolute atomic E-state index is 0.200. The molecule has 0 spiro atoms. The van der Waals surface area contributed by atoms with Crippen molar-refractivity contribution >= 4 is 29.2 Å². The summed E-state index contributed by atoms with van der Waals surface area (Å²) in [4.78, 5) is 29.3. The van der Waals surface area contributed by atoms with Gasteiger partial charge in [0, 0.05) is 5.02 Å². The van der Waals surface area contributed by atoms with Gasteiger partial charge >= 0.3 is 5.97 Å². The Morgan fingerprint density at radius 1 is 1.17 bits per heavy atom. The maximum atomic E-state index is 12.9. The molecule has 0 atom stereocenters. The first kappa shape index (κ1) is 18.6. The van der Waals surface area contributed by atoms with Gasteiger partial charge in [-0.15, -0.1) is 0 Å². The maximum Gasteiger partial charge on any atom is 0.312 e. The van der Waals surface area contributed by atoms with Crippen molar-refractivity contribution in [3.05, 3.63) is 35.9 Å². The van der Waals surface area contributed by atoms with Crippen molar-refractivity contribution in [2.24, 2.45) is 23.2 Å². The van der Waals surface area contributed by atoms with Crippen LogP contribution in [-0.4, -0.2) is 33.2 Å². The molecule has 0 aliphatic heterocycles. The highest BCUT2D eigenvalue weighted by Crippen LogP contribution is 2.60. The molecule has 1 aromatic carbocycles. The van der Waals surface area contributed by atoms with Crippen LogP contribution in [0, 0.1) is 23.2 Å². The average Bonchev–Trinajstić information content (AvgIpc) is 3.19. The van der Waals surface area contributed by atoms with Gasteiger partial charge in [-0.05, 0) is 74.5 Å². The first-order valence-corrected chi connectivity index (χ1v) is 10.5. The predicted octanol–water partition coefficient (Wildman–Crippen LogP) is 3.62. The number of rotatable bonds is 5. The van der Waals surface area contributed by atoms with E-state index >= 15 is 0 Å². The third kappa shape index (κ3) is 3.52. The van der Waals surface area contributed by atoms with Gasteiger partial charge in [-0.3, -0.25) is 9.59 Å². The lowest BCUT2D eigenvalue weighted by molar-refractivity contribution is -0.172. The van der Waals surface area contributed by atoms with E-state index < -0.39 is 5.91 Å². The van der Waals surface area contributed by atoms with Crippen LogP contribution in [0.4, 0.5) is 5.69 Å². The quantitative estimate of drug-likeness (QED) is 0.755. The molecule has 6 rings (SSSR count). The highest BCUT2D eigenvalue weighted by Gasteiger charge is 2.55. The maximum absolute atomic E-state index is 12.9. The molecule has 7 nitrogen and oxygen atoms in total. The molecule has 0 radical (unpaired) electrons. The number of halogens is 1. The second-order valence-corrected chi connectivity index (χ2v) is 9.26. The zero-order valence-electron chi connectivity index (χ0n) is 16.0. The molecule has 4 bridgehead atoms. The van der Waals surface area contributed by atoms with E-state index in [0.29, 0.717) is 34.2 Å². The molecular weight excluding hydrogens is 392 g/mol. The SMILES string of the molecule is O=C(COC(=O)C12CC3CC(CC(C3)C1)C2)Nc1cc(Cl)ccc1-n1cncn1. The fraction of sp³-hybridized carbons (Fsp3) is 0.524. The summed E-state index contributed by atoms with van der Waals surface area (Å²) in [6.07, 6.45) is 9.48. The third-order valence-corrected chi connectivity index (χ3v) is 6.94. The number of anilines is 1. The van der Waals surface area contributed by atoms with Crippen LogP contribution in [0.25, 0.3) is 5.69 Å². The van der Waals surface area contributed by atoms with Gasteiger partial charge in [-0.25, -0.2) is 9.67 Å². The van der Waals surface area contributed by atoms with Crippen LogP contribution in [0.3, 0.4) is 0 Å². The number of carbonyl (C=O) groups is 2. The number of hydrogen-bond acceptors (Lipinski definition) is 5. The number of ether oxygens (including phenoxy) is 1. The third-order valence-electron chi connectivity index (χ3n) is 6.70. The number of benzene rings is 1. The lowest BCUT2D eigenvalue weighted by Gasteiger charge is -2.55. The molecule has 29 heavy (non-hydrogen) atoms. The van der Waals surface area contributed by atoms with Crippen molar-refractivity contribution in [2.75, 3.05) is 11.9 Å². The second kappa shape index (κ2) is 7.13. The van der Waals surface area contributed by atoms with Crippen molar-refractivity contribution in [1.82, 2.24) is 14.8 Å². The molecule has 0 unspecified atom stereocenters. The van der Waals surface area contributed by atoms with E-state index in [0.717, 1.165) is 19.3 Å². The van der Waals surface area contributed by atoms with Gasteiger partial charge in [0.2, 0.25) is 0 Å². The normalized spacial score (nSPS) is 29.6. The van der Waals surface area contributed by atoms with Crippen LogP contribution in [0.5, 0.6) is 0 Å². The molecule has 4 saturated carbocycles. The number of carbonyl (C=O) groups excluding carboxylic acids is 2. The summed E-state index contributed by atoms with van der Waals surface area (Å²) in [5, 5.41) is 7.35. The summed E-state index contributed by atoms with van der Waals surface area (Å²) in [5.74, 6) is 1.36. The van der Waals surface area contributed by atoms with E-state index in [1.807, 2.05) is 0 Å². The number of nitrogens with zero attached hydrogens (tertiary/aromatic N) is 3. The van der Waals surface area contributed by atoms with Gasteiger partial charge in [-0.2, -0.15) is 5.10 Å². The number of aromatic nitrogens is 3. The van der Waals surface area contributed by atoms with Crippen LogP contribution >= 0.6 is 11.6 Å². The molecule has 1 N–H and O–H groups in total. The summed E-state index contributed by atoms with van der Waals surface area (Å²) < 4.78 is 7.04. The van der Waals surface area contributed by atoms with Crippen LogP contribution in [-0.2, 0) is 14.3 Å². The van der Waals surface area contributed by atoms with E-state index in [-0.39, 0.29) is 18.0 Å². The fourth-order valence-electron chi connectivity index (χ4n) is 5.97. The first-order valence-electron chi connectivity index (χ1n) is 10.1. The van der Waals surface area contributed by atoms with E-state index in [1.165, 1.54) is 36.6 Å². The Kier molecular flexibility index (Phi) is 4.57. The second-order valence-electron chi connectivity index (χ2n) is 8.82. The lowest BCUT2D eigenvalue weighted by atomic mass is 9.49. The number of hydrogen-bond donors (Lipinski definition) is 1. The van der Waals surface area contributed by atoms with Gasteiger partial charge in [0.05, 0.1) is 16.8 Å². The summed E-state index contributed by atoms with van der Waals surface area (Å²) >= 11 is 6.08. The smallest absolute Gasteiger partial charge is 0.312 e. The molecule has 1 heterocycles. The van der Waals surface area contributed by atoms with Crippen molar-refractivity contribution in [2.45, 2.75) is 38.5 Å². The van der Waals surface area contributed by atoms with Gasteiger partial charge < -0.3 is 10.1 Å². The molecule has 152 valence electrons. The summed E-state index contributed by atoms with van der Waals surface area (Å²) in [6, 6.07) is 5.09. The van der Waals surface area contributed by atoms with E-state index in [1.54, 1.807) is 18.2 Å². The topological polar surface area (TPSA) is 86.1 Å².